The van der Waals surface area contributed by atoms with Crippen LogP contribution in [0.4, 0.5) is 0 Å². The number of nitrogens with zero attached hydrogens (tertiary/aromatic N) is 1. The standard InChI is InChI=1S/C34H42N4O2/c1-25(2)27-16-13-26(14-17-27)15-18-33(39)36-23-30-20-22-38(34(40)32(37-30)19-21-35)24-31(28-9-5-3-6-10-28)29-11-7-4-8-12-29/h3-18,25,30-32,37H,19-24,35H2,1-2H3,(H,36,39)/b18-15+/t30-,32-/m0/s1. The Bertz CT molecular complexity index is 1200. The second-order valence-electron chi connectivity index (χ2n) is 10.8. The molecule has 1 saturated heterocycles. The van der Waals surface area contributed by atoms with E-state index >= 15 is 0 Å². The summed E-state index contributed by atoms with van der Waals surface area (Å²) in [6.45, 7) is 6.38. The van der Waals surface area contributed by atoms with Crippen LogP contribution >= 0.6 is 0 Å². The predicted octanol–water partition coefficient (Wildman–Crippen LogP) is 4.68. The lowest BCUT2D eigenvalue weighted by Crippen LogP contribution is -2.49. The van der Waals surface area contributed by atoms with Crippen molar-refractivity contribution in [3.8, 4) is 0 Å². The fourth-order valence-electron chi connectivity index (χ4n) is 5.24. The monoisotopic (exact) mass is 538 g/mol. The SMILES string of the molecule is CC(C)c1ccc(/C=C/C(=O)NC[C@@H]2CCN(CC(c3ccccc3)c3ccccc3)C(=O)[C@H](CCN)N2)cc1. The summed E-state index contributed by atoms with van der Waals surface area (Å²) in [5, 5.41) is 6.50. The van der Waals surface area contributed by atoms with Crippen molar-refractivity contribution in [1.29, 1.82) is 0 Å². The zero-order valence-electron chi connectivity index (χ0n) is 23.6. The molecule has 6 heteroatoms. The molecule has 0 spiro atoms. The number of hydrogen-bond donors (Lipinski definition) is 3. The first-order valence-corrected chi connectivity index (χ1v) is 14.3. The average molecular weight is 539 g/mol. The number of rotatable bonds is 11. The highest BCUT2D eigenvalue weighted by atomic mass is 16.2. The maximum Gasteiger partial charge on any atom is 0.244 e. The van der Waals surface area contributed by atoms with Crippen LogP contribution in [0.1, 0.15) is 60.8 Å². The van der Waals surface area contributed by atoms with Crippen LogP contribution in [0.2, 0.25) is 0 Å². The van der Waals surface area contributed by atoms with E-state index in [2.05, 4.69) is 60.9 Å². The van der Waals surface area contributed by atoms with Crippen molar-refractivity contribution >= 4 is 17.9 Å². The molecule has 2 amide bonds. The van der Waals surface area contributed by atoms with Crippen molar-refractivity contribution in [3.05, 3.63) is 113 Å². The van der Waals surface area contributed by atoms with E-state index in [1.807, 2.05) is 59.5 Å². The van der Waals surface area contributed by atoms with Crippen LogP contribution in [0.25, 0.3) is 6.08 Å². The molecular formula is C34H42N4O2. The Kier molecular flexibility index (Phi) is 10.7. The average Bonchev–Trinajstić information content (AvgIpc) is 3.13. The highest BCUT2D eigenvalue weighted by Gasteiger charge is 2.32. The van der Waals surface area contributed by atoms with Crippen LogP contribution in [0, 0.1) is 0 Å². The van der Waals surface area contributed by atoms with E-state index in [0.29, 0.717) is 38.5 Å². The summed E-state index contributed by atoms with van der Waals surface area (Å²) in [4.78, 5) is 28.2. The van der Waals surface area contributed by atoms with Crippen LogP contribution in [0.5, 0.6) is 0 Å². The molecule has 3 aromatic carbocycles. The first-order valence-electron chi connectivity index (χ1n) is 14.3. The Morgan fingerprint density at radius 3 is 2.17 bits per heavy atom. The molecule has 0 saturated carbocycles. The van der Waals surface area contributed by atoms with Gasteiger partial charge in [0.15, 0.2) is 0 Å². The molecule has 0 aromatic heterocycles. The van der Waals surface area contributed by atoms with Crippen LogP contribution in [-0.2, 0) is 9.59 Å². The third kappa shape index (κ3) is 8.13. The maximum absolute atomic E-state index is 13.7. The van der Waals surface area contributed by atoms with E-state index in [1.54, 1.807) is 6.08 Å². The van der Waals surface area contributed by atoms with E-state index in [4.69, 9.17) is 5.73 Å². The molecule has 0 radical (unpaired) electrons. The Morgan fingerprint density at radius 1 is 0.975 bits per heavy atom. The lowest BCUT2D eigenvalue weighted by Gasteiger charge is -2.29. The topological polar surface area (TPSA) is 87.5 Å². The molecule has 6 nitrogen and oxygen atoms in total. The molecular weight excluding hydrogens is 496 g/mol. The number of carbonyl (C=O) groups excluding carboxylic acids is 2. The molecule has 1 fully saturated rings. The van der Waals surface area contributed by atoms with Gasteiger partial charge in [0.25, 0.3) is 0 Å². The van der Waals surface area contributed by atoms with Gasteiger partial charge in [-0.1, -0.05) is 98.8 Å². The van der Waals surface area contributed by atoms with Gasteiger partial charge in [-0.25, -0.2) is 0 Å². The van der Waals surface area contributed by atoms with Crippen molar-refractivity contribution in [1.82, 2.24) is 15.5 Å². The van der Waals surface area contributed by atoms with Crippen LogP contribution in [0.3, 0.4) is 0 Å². The van der Waals surface area contributed by atoms with Crippen LogP contribution in [-0.4, -0.2) is 55.0 Å². The Morgan fingerprint density at radius 2 is 1.60 bits per heavy atom. The van der Waals surface area contributed by atoms with Crippen molar-refractivity contribution in [3.63, 3.8) is 0 Å². The number of amides is 2. The van der Waals surface area contributed by atoms with Crippen molar-refractivity contribution in [2.24, 2.45) is 5.73 Å². The van der Waals surface area contributed by atoms with Gasteiger partial charge >= 0.3 is 0 Å². The molecule has 4 rings (SSSR count). The Labute approximate surface area is 238 Å². The number of hydrogen-bond acceptors (Lipinski definition) is 4. The summed E-state index contributed by atoms with van der Waals surface area (Å²) in [6.07, 6.45) is 4.69. The summed E-state index contributed by atoms with van der Waals surface area (Å²) in [6, 6.07) is 28.5. The van der Waals surface area contributed by atoms with Gasteiger partial charge in [-0.2, -0.15) is 0 Å². The Hall–Kier alpha value is -3.74. The molecule has 2 atom stereocenters. The normalized spacial score (nSPS) is 17.9. The van der Waals surface area contributed by atoms with Crippen molar-refractivity contribution < 1.29 is 9.59 Å². The molecule has 1 aliphatic heterocycles. The minimum absolute atomic E-state index is 0.0277. The van der Waals surface area contributed by atoms with Gasteiger partial charge in [0.1, 0.15) is 0 Å². The molecule has 3 aromatic rings. The summed E-state index contributed by atoms with van der Waals surface area (Å²) < 4.78 is 0. The first-order chi connectivity index (χ1) is 19.4. The van der Waals surface area contributed by atoms with Gasteiger partial charge in [0, 0.05) is 37.7 Å². The van der Waals surface area contributed by atoms with Gasteiger partial charge < -0.3 is 21.3 Å². The third-order valence-corrected chi connectivity index (χ3v) is 7.61. The third-order valence-electron chi connectivity index (χ3n) is 7.61. The quantitative estimate of drug-likeness (QED) is 0.310. The summed E-state index contributed by atoms with van der Waals surface area (Å²) in [5.41, 5.74) is 10.5. The van der Waals surface area contributed by atoms with Gasteiger partial charge in [-0.15, -0.1) is 0 Å². The second-order valence-corrected chi connectivity index (χ2v) is 10.8. The van der Waals surface area contributed by atoms with Crippen LogP contribution in [0.15, 0.2) is 91.0 Å². The number of nitrogens with two attached hydrogens (primary N) is 1. The minimum atomic E-state index is -0.378. The lowest BCUT2D eigenvalue weighted by molar-refractivity contribution is -0.133. The maximum atomic E-state index is 13.7. The summed E-state index contributed by atoms with van der Waals surface area (Å²) >= 11 is 0. The predicted molar refractivity (Wildman–Crippen MR) is 163 cm³/mol. The van der Waals surface area contributed by atoms with E-state index < -0.39 is 0 Å². The van der Waals surface area contributed by atoms with E-state index in [-0.39, 0.29) is 29.8 Å². The minimum Gasteiger partial charge on any atom is -0.351 e. The molecule has 4 N–H and O–H groups in total. The van der Waals surface area contributed by atoms with E-state index in [9.17, 15) is 9.59 Å². The van der Waals surface area contributed by atoms with Crippen molar-refractivity contribution in [2.75, 3.05) is 26.2 Å². The molecule has 210 valence electrons. The van der Waals surface area contributed by atoms with Gasteiger partial charge in [0.2, 0.25) is 11.8 Å². The lowest BCUT2D eigenvalue weighted by atomic mass is 9.90. The van der Waals surface area contributed by atoms with Crippen molar-refractivity contribution in [2.45, 2.75) is 50.6 Å². The number of benzene rings is 3. The molecule has 0 unspecified atom stereocenters. The largest absolute Gasteiger partial charge is 0.351 e. The number of carbonyl (C=O) groups is 2. The molecule has 0 bridgehead atoms. The van der Waals surface area contributed by atoms with Gasteiger partial charge in [-0.05, 0) is 53.6 Å². The fraction of sp³-hybridized carbons (Fsp3) is 0.353. The fourth-order valence-corrected chi connectivity index (χ4v) is 5.24. The molecule has 40 heavy (non-hydrogen) atoms. The summed E-state index contributed by atoms with van der Waals surface area (Å²) in [7, 11) is 0. The smallest absolute Gasteiger partial charge is 0.244 e. The molecule has 1 heterocycles. The summed E-state index contributed by atoms with van der Waals surface area (Å²) in [5.74, 6) is 0.467. The zero-order chi connectivity index (χ0) is 28.3. The van der Waals surface area contributed by atoms with E-state index in [1.165, 1.54) is 16.7 Å². The highest BCUT2D eigenvalue weighted by Crippen LogP contribution is 2.27. The Balaban J connectivity index is 1.40. The van der Waals surface area contributed by atoms with Crippen LogP contribution < -0.4 is 16.4 Å². The van der Waals surface area contributed by atoms with Gasteiger partial charge in [-0.3, -0.25) is 9.59 Å². The zero-order valence-corrected chi connectivity index (χ0v) is 23.6. The van der Waals surface area contributed by atoms with E-state index in [0.717, 1.165) is 12.0 Å². The highest BCUT2D eigenvalue weighted by molar-refractivity contribution is 5.91. The second kappa shape index (κ2) is 14.6. The number of nitrogens with one attached hydrogen (secondary N) is 2. The van der Waals surface area contributed by atoms with Gasteiger partial charge in [0.05, 0.1) is 6.04 Å². The first kappa shape index (κ1) is 29.2. The molecule has 0 aliphatic carbocycles. The molecule has 1 aliphatic rings.